The van der Waals surface area contributed by atoms with Crippen LogP contribution in [0.4, 0.5) is 0 Å². The summed E-state index contributed by atoms with van der Waals surface area (Å²) in [5, 5.41) is 12.6. The van der Waals surface area contributed by atoms with Crippen LogP contribution in [-0.4, -0.2) is 27.5 Å². The minimum atomic E-state index is -0.723. The highest BCUT2D eigenvalue weighted by molar-refractivity contribution is 8.00. The number of esters is 1. The van der Waals surface area contributed by atoms with E-state index in [-0.39, 0.29) is 16.5 Å². The van der Waals surface area contributed by atoms with Gasteiger partial charge in [-0.2, -0.15) is 0 Å². The first-order chi connectivity index (χ1) is 16.4. The van der Waals surface area contributed by atoms with E-state index in [2.05, 4.69) is 31.4 Å². The van der Waals surface area contributed by atoms with Gasteiger partial charge in [0, 0.05) is 44.3 Å². The molecule has 0 unspecified atom stereocenters. The van der Waals surface area contributed by atoms with Gasteiger partial charge in [0.05, 0.1) is 18.0 Å². The number of nitrogens with zero attached hydrogens (tertiary/aromatic N) is 1. The Morgan fingerprint density at radius 3 is 2.34 bits per heavy atom. The van der Waals surface area contributed by atoms with Gasteiger partial charge in [0.15, 0.2) is 0 Å². The summed E-state index contributed by atoms with van der Waals surface area (Å²) in [7, 11) is 1.44. The number of rotatable bonds is 8. The normalized spacial score (nSPS) is 12.6. The number of aromatic nitrogens is 1. The van der Waals surface area contributed by atoms with Crippen molar-refractivity contribution in [3.05, 3.63) is 70.4 Å². The van der Waals surface area contributed by atoms with E-state index in [9.17, 15) is 9.90 Å². The molecule has 2 aromatic carbocycles. The highest BCUT2D eigenvalue weighted by Crippen LogP contribution is 2.46. The van der Waals surface area contributed by atoms with Crippen molar-refractivity contribution < 1.29 is 14.6 Å². The fourth-order valence-corrected chi connectivity index (χ4v) is 5.64. The van der Waals surface area contributed by atoms with Crippen molar-refractivity contribution in [3.8, 4) is 5.75 Å². The molecule has 0 radical (unpaired) electrons. The number of hydrogen-bond donors (Lipinski definition) is 1. The summed E-state index contributed by atoms with van der Waals surface area (Å²) in [6.45, 7) is 13.0. The summed E-state index contributed by atoms with van der Waals surface area (Å²) in [4.78, 5) is 13.8. The van der Waals surface area contributed by atoms with Gasteiger partial charge in [-0.05, 0) is 57.0 Å². The number of fused-ring (bicyclic) bond motifs is 1. The molecule has 0 amide bonds. The molecule has 35 heavy (non-hydrogen) atoms. The fraction of sp³-hybridized carbons (Fsp3) is 0.414. The topological polar surface area (TPSA) is 51.5 Å². The number of phenolic OH excluding ortho intramolecular Hbond substituents is 1. The Labute approximate surface area is 218 Å². The molecule has 188 valence electrons. The number of phenols is 1. The van der Waals surface area contributed by atoms with Gasteiger partial charge in [0.1, 0.15) is 5.75 Å². The Hall–Kier alpha value is -2.37. The van der Waals surface area contributed by atoms with Crippen LogP contribution in [0.25, 0.3) is 10.9 Å². The number of benzene rings is 2. The Morgan fingerprint density at radius 1 is 1.11 bits per heavy atom. The van der Waals surface area contributed by atoms with Gasteiger partial charge in [-0.15, -0.1) is 11.8 Å². The molecule has 3 aromatic rings. The summed E-state index contributed by atoms with van der Waals surface area (Å²) >= 11 is 7.92. The van der Waals surface area contributed by atoms with E-state index in [1.54, 1.807) is 17.8 Å². The molecule has 0 saturated carbocycles. The van der Waals surface area contributed by atoms with Crippen LogP contribution in [0.5, 0.6) is 5.75 Å². The van der Waals surface area contributed by atoms with E-state index in [0.717, 1.165) is 32.6 Å². The molecular formula is C29H36ClNO3S. The van der Waals surface area contributed by atoms with Crippen molar-refractivity contribution in [1.29, 1.82) is 0 Å². The van der Waals surface area contributed by atoms with E-state index >= 15 is 0 Å². The van der Waals surface area contributed by atoms with Crippen LogP contribution in [0.2, 0.25) is 5.02 Å². The Kier molecular flexibility index (Phi) is 8.33. The van der Waals surface area contributed by atoms with Gasteiger partial charge in [-0.1, -0.05) is 56.7 Å². The molecule has 0 aliphatic heterocycles. The summed E-state index contributed by atoms with van der Waals surface area (Å²) in [5.74, 6) is 0.0401. The lowest BCUT2D eigenvalue weighted by Crippen LogP contribution is -2.29. The molecule has 1 N–H and O–H groups in total. The predicted molar refractivity (Wildman–Crippen MR) is 148 cm³/mol. The lowest BCUT2D eigenvalue weighted by atomic mass is 9.87. The molecular weight excluding hydrogens is 478 g/mol. The molecule has 0 aliphatic carbocycles. The molecule has 0 aliphatic rings. The van der Waals surface area contributed by atoms with Gasteiger partial charge >= 0.3 is 5.97 Å². The third kappa shape index (κ3) is 6.25. The lowest BCUT2D eigenvalue weighted by molar-refractivity contribution is -0.150. The van der Waals surface area contributed by atoms with Gasteiger partial charge < -0.3 is 14.4 Å². The maximum absolute atomic E-state index is 12.7. The Morgan fingerprint density at radius 2 is 1.77 bits per heavy atom. The van der Waals surface area contributed by atoms with Crippen molar-refractivity contribution in [3.63, 3.8) is 0 Å². The number of thioether (sulfide) groups is 1. The van der Waals surface area contributed by atoms with Gasteiger partial charge in [0.25, 0.3) is 0 Å². The van der Waals surface area contributed by atoms with Crippen molar-refractivity contribution in [2.45, 2.75) is 70.6 Å². The van der Waals surface area contributed by atoms with Crippen LogP contribution < -0.4 is 0 Å². The molecule has 0 saturated heterocycles. The maximum atomic E-state index is 12.7. The van der Waals surface area contributed by atoms with E-state index in [4.69, 9.17) is 16.3 Å². The van der Waals surface area contributed by atoms with Crippen LogP contribution in [0.1, 0.15) is 58.4 Å². The first-order valence-corrected chi connectivity index (χ1v) is 13.1. The molecule has 0 bridgehead atoms. The minimum absolute atomic E-state index is 0.0765. The zero-order valence-electron chi connectivity index (χ0n) is 21.7. The number of ether oxygens (including phenoxy) is 1. The number of carbonyl (C=O) groups excluding carboxylic acids is 1. The molecule has 1 heterocycles. The van der Waals surface area contributed by atoms with Gasteiger partial charge in [-0.3, -0.25) is 4.79 Å². The smallest absolute Gasteiger partial charge is 0.311 e. The number of aromatic hydroxyl groups is 1. The van der Waals surface area contributed by atoms with Crippen molar-refractivity contribution >= 4 is 40.2 Å². The zero-order valence-corrected chi connectivity index (χ0v) is 23.3. The third-order valence-electron chi connectivity index (χ3n) is 5.94. The first kappa shape index (κ1) is 27.2. The lowest BCUT2D eigenvalue weighted by Gasteiger charge is -2.25. The number of carbonyl (C=O) groups is 1. The van der Waals surface area contributed by atoms with E-state index in [1.807, 2.05) is 57.2 Å². The van der Waals surface area contributed by atoms with E-state index < -0.39 is 5.41 Å². The molecule has 0 atom stereocenters. The fourth-order valence-electron chi connectivity index (χ4n) is 4.27. The quantitative estimate of drug-likeness (QED) is 0.189. The van der Waals surface area contributed by atoms with Crippen LogP contribution >= 0.6 is 23.4 Å². The monoisotopic (exact) mass is 513 g/mol. The maximum Gasteiger partial charge on any atom is 0.311 e. The van der Waals surface area contributed by atoms with Crippen molar-refractivity contribution in [2.75, 3.05) is 7.11 Å². The number of hydrogen-bond acceptors (Lipinski definition) is 4. The molecule has 6 heteroatoms. The first-order valence-electron chi connectivity index (χ1n) is 11.9. The second kappa shape index (κ2) is 10.7. The molecule has 0 fully saturated rings. The average molecular weight is 514 g/mol. The summed E-state index contributed by atoms with van der Waals surface area (Å²) in [6.07, 6.45) is 5.20. The highest BCUT2D eigenvalue weighted by Gasteiger charge is 2.34. The predicted octanol–water partition coefficient (Wildman–Crippen LogP) is 7.80. The van der Waals surface area contributed by atoms with Gasteiger partial charge in [0.2, 0.25) is 0 Å². The second-order valence-electron chi connectivity index (χ2n) is 10.5. The minimum Gasteiger partial charge on any atom is -0.508 e. The van der Waals surface area contributed by atoms with Crippen LogP contribution in [0.15, 0.2) is 53.4 Å². The number of methoxy groups -OCH3 is 1. The zero-order chi connectivity index (χ0) is 26.0. The summed E-state index contributed by atoms with van der Waals surface area (Å²) in [5.41, 5.74) is 3.40. The average Bonchev–Trinajstić information content (AvgIpc) is 3.04. The highest BCUT2D eigenvalue weighted by atomic mass is 35.5. The molecule has 4 nitrogen and oxygen atoms in total. The van der Waals surface area contributed by atoms with Crippen LogP contribution in [0.3, 0.4) is 0 Å². The summed E-state index contributed by atoms with van der Waals surface area (Å²) < 4.78 is 7.36. The van der Waals surface area contributed by atoms with E-state index in [1.165, 1.54) is 7.11 Å². The van der Waals surface area contributed by atoms with E-state index in [0.29, 0.717) is 24.4 Å². The second-order valence-corrected chi connectivity index (χ2v) is 12.8. The number of halogens is 1. The van der Waals surface area contributed by atoms with Gasteiger partial charge in [-0.25, -0.2) is 0 Å². The van der Waals surface area contributed by atoms with Crippen LogP contribution in [-0.2, 0) is 28.9 Å². The Bertz CT molecular complexity index is 1230. The van der Waals surface area contributed by atoms with Crippen molar-refractivity contribution in [2.24, 2.45) is 5.41 Å². The standard InChI is InChI=1S/C29H36ClNO3S/c1-8-9-10-21-24(32)16-15-22-25(21)26(35-28(2,3)4)23(17-29(5,6)27(33)34-7)31(22)18-19-11-13-20(30)14-12-19/h8-9,11-16,32H,10,17-18H2,1-7H3. The van der Waals surface area contributed by atoms with Crippen molar-refractivity contribution in [1.82, 2.24) is 4.57 Å². The summed E-state index contributed by atoms with van der Waals surface area (Å²) in [6, 6.07) is 11.6. The third-order valence-corrected chi connectivity index (χ3v) is 7.45. The largest absolute Gasteiger partial charge is 0.508 e. The SMILES string of the molecule is CC=CCc1c(O)ccc2c1c(SC(C)(C)C)c(CC(C)(C)C(=O)OC)n2Cc1ccc(Cl)cc1. The molecule has 3 rings (SSSR count). The molecule has 0 spiro atoms. The Balaban J connectivity index is 2.37. The van der Waals surface area contributed by atoms with Crippen LogP contribution in [0, 0.1) is 5.41 Å². The number of allylic oxidation sites excluding steroid dienone is 2. The molecule has 1 aromatic heterocycles.